The molecule has 2 aromatic rings. The minimum atomic E-state index is -0.277. The number of rotatable bonds is 4. The van der Waals surface area contributed by atoms with Gasteiger partial charge in [-0.25, -0.2) is 4.98 Å². The first-order chi connectivity index (χ1) is 11.1. The fourth-order valence-electron chi connectivity index (χ4n) is 2.65. The van der Waals surface area contributed by atoms with Crippen molar-refractivity contribution >= 4 is 34.5 Å². The van der Waals surface area contributed by atoms with Gasteiger partial charge in [-0.2, -0.15) is 0 Å². The van der Waals surface area contributed by atoms with E-state index in [1.165, 1.54) is 21.8 Å². The van der Waals surface area contributed by atoms with Crippen LogP contribution in [0, 0.1) is 0 Å². The minimum Gasteiger partial charge on any atom is -0.347 e. The number of aromatic nitrogens is 1. The Balaban J connectivity index is 1.75. The average Bonchev–Trinajstić information content (AvgIpc) is 3.21. The van der Waals surface area contributed by atoms with Crippen LogP contribution in [0.2, 0.25) is 0 Å². The highest BCUT2D eigenvalue weighted by Gasteiger charge is 2.30. The summed E-state index contributed by atoms with van der Waals surface area (Å²) in [5, 5.41) is 6.69. The summed E-state index contributed by atoms with van der Waals surface area (Å²) in [6, 6.07) is 2.12. The van der Waals surface area contributed by atoms with Gasteiger partial charge in [-0.3, -0.25) is 9.59 Å². The second kappa shape index (κ2) is 6.64. The maximum Gasteiger partial charge on any atom is 0.280 e. The van der Waals surface area contributed by atoms with Crippen molar-refractivity contribution in [2.45, 2.75) is 19.4 Å². The molecule has 1 aliphatic heterocycles. The van der Waals surface area contributed by atoms with Gasteiger partial charge < -0.3 is 10.2 Å². The molecule has 0 spiro atoms. The van der Waals surface area contributed by atoms with Crippen LogP contribution < -0.4 is 5.32 Å². The molecule has 2 amide bonds. The molecule has 0 aliphatic carbocycles. The van der Waals surface area contributed by atoms with Gasteiger partial charge >= 0.3 is 0 Å². The number of amides is 2. The van der Waals surface area contributed by atoms with Crippen molar-refractivity contribution in [3.63, 3.8) is 0 Å². The Morgan fingerprint density at radius 2 is 2.35 bits per heavy atom. The number of carbonyl (C=O) groups excluding carboxylic acids is 2. The third-order valence-corrected chi connectivity index (χ3v) is 5.70. The fourth-order valence-corrected chi connectivity index (χ4v) is 4.32. The van der Waals surface area contributed by atoms with E-state index in [1.54, 1.807) is 22.8 Å². The molecule has 0 saturated carbocycles. The van der Waals surface area contributed by atoms with Crippen LogP contribution in [0.25, 0.3) is 0 Å². The molecular weight excluding hydrogens is 330 g/mol. The monoisotopic (exact) mass is 347 g/mol. The van der Waals surface area contributed by atoms with Crippen molar-refractivity contribution in [1.82, 2.24) is 15.2 Å². The molecule has 5 nitrogen and oxygen atoms in total. The first-order valence-corrected chi connectivity index (χ1v) is 9.09. The van der Waals surface area contributed by atoms with Gasteiger partial charge in [0.2, 0.25) is 0 Å². The first kappa shape index (κ1) is 15.9. The SMILES string of the molecule is C=CCNC(=O)c1nc(C(=O)N2CCc3sccc3[C@H]2C)cs1. The molecule has 0 radical (unpaired) electrons. The normalized spacial score (nSPS) is 16.7. The molecule has 120 valence electrons. The predicted octanol–water partition coefficient (Wildman–Crippen LogP) is 2.88. The molecule has 1 N–H and O–H groups in total. The lowest BCUT2D eigenvalue weighted by atomic mass is 10.0. The van der Waals surface area contributed by atoms with Crippen molar-refractivity contribution in [1.29, 1.82) is 0 Å². The molecule has 7 heteroatoms. The Bertz CT molecular complexity index is 750. The molecule has 1 atom stereocenters. The van der Waals surface area contributed by atoms with Gasteiger partial charge in [0, 0.05) is 23.3 Å². The van der Waals surface area contributed by atoms with Gasteiger partial charge in [0.1, 0.15) is 5.69 Å². The standard InChI is InChI=1S/C16H17N3O2S2/c1-3-6-17-14(20)15-18-12(9-23-15)16(21)19-7-4-13-11(10(19)2)5-8-22-13/h3,5,8-10H,1,4,6-7H2,2H3,(H,17,20)/t10-/m1/s1. The third kappa shape index (κ3) is 3.07. The molecule has 0 bridgehead atoms. The number of nitrogens with one attached hydrogen (secondary N) is 1. The number of thiazole rings is 1. The summed E-state index contributed by atoms with van der Waals surface area (Å²) in [6.45, 7) is 6.65. The number of nitrogens with zero attached hydrogens (tertiary/aromatic N) is 2. The van der Waals surface area contributed by atoms with E-state index in [-0.39, 0.29) is 17.9 Å². The van der Waals surface area contributed by atoms with Gasteiger partial charge in [-0.05, 0) is 30.4 Å². The summed E-state index contributed by atoms with van der Waals surface area (Å²) in [7, 11) is 0. The van der Waals surface area contributed by atoms with Crippen molar-refractivity contribution in [3.05, 3.63) is 50.6 Å². The van der Waals surface area contributed by atoms with Crippen LogP contribution >= 0.6 is 22.7 Å². The Morgan fingerprint density at radius 3 is 3.13 bits per heavy atom. The number of fused-ring (bicyclic) bond motifs is 1. The van der Waals surface area contributed by atoms with Gasteiger partial charge in [-0.15, -0.1) is 29.3 Å². The van der Waals surface area contributed by atoms with E-state index in [1.807, 2.05) is 11.8 Å². The maximum absolute atomic E-state index is 12.7. The van der Waals surface area contributed by atoms with Crippen molar-refractivity contribution in [3.8, 4) is 0 Å². The van der Waals surface area contributed by atoms with Crippen molar-refractivity contribution < 1.29 is 9.59 Å². The largest absolute Gasteiger partial charge is 0.347 e. The maximum atomic E-state index is 12.7. The average molecular weight is 347 g/mol. The van der Waals surface area contributed by atoms with E-state index in [4.69, 9.17) is 0 Å². The molecule has 2 aromatic heterocycles. The predicted molar refractivity (Wildman–Crippen MR) is 92.1 cm³/mol. The quantitative estimate of drug-likeness (QED) is 0.865. The van der Waals surface area contributed by atoms with Gasteiger partial charge in [0.05, 0.1) is 6.04 Å². The molecule has 3 rings (SSSR count). The van der Waals surface area contributed by atoms with E-state index in [2.05, 4.69) is 28.3 Å². The highest BCUT2D eigenvalue weighted by Crippen LogP contribution is 2.33. The topological polar surface area (TPSA) is 62.3 Å². The van der Waals surface area contributed by atoms with Crippen LogP contribution in [-0.4, -0.2) is 34.8 Å². The van der Waals surface area contributed by atoms with Gasteiger partial charge in [0.15, 0.2) is 5.01 Å². The Labute approximate surface area is 142 Å². The molecule has 1 aliphatic rings. The molecule has 0 fully saturated rings. The summed E-state index contributed by atoms with van der Waals surface area (Å²) in [5.41, 5.74) is 1.55. The fraction of sp³-hybridized carbons (Fsp3) is 0.312. The summed E-state index contributed by atoms with van der Waals surface area (Å²) in [6.07, 6.45) is 2.48. The van der Waals surface area contributed by atoms with Crippen LogP contribution in [0.4, 0.5) is 0 Å². The second-order valence-electron chi connectivity index (χ2n) is 5.26. The smallest absolute Gasteiger partial charge is 0.280 e. The Kier molecular flexibility index (Phi) is 4.58. The second-order valence-corrected chi connectivity index (χ2v) is 7.12. The lowest BCUT2D eigenvalue weighted by molar-refractivity contribution is 0.0674. The highest BCUT2D eigenvalue weighted by molar-refractivity contribution is 7.12. The molecular formula is C16H17N3O2S2. The number of carbonyl (C=O) groups is 2. The van der Waals surface area contributed by atoms with E-state index in [0.29, 0.717) is 23.8 Å². The number of hydrogen-bond acceptors (Lipinski definition) is 5. The molecule has 3 heterocycles. The van der Waals surface area contributed by atoms with E-state index < -0.39 is 0 Å². The zero-order valence-electron chi connectivity index (χ0n) is 12.7. The zero-order chi connectivity index (χ0) is 16.4. The molecule has 23 heavy (non-hydrogen) atoms. The van der Waals surface area contributed by atoms with E-state index >= 15 is 0 Å². The van der Waals surface area contributed by atoms with Crippen molar-refractivity contribution in [2.75, 3.05) is 13.1 Å². The first-order valence-electron chi connectivity index (χ1n) is 7.33. The van der Waals surface area contributed by atoms with Gasteiger partial charge in [0.25, 0.3) is 11.8 Å². The Hall–Kier alpha value is -1.99. The van der Waals surface area contributed by atoms with Crippen LogP contribution in [0.1, 0.15) is 43.7 Å². The van der Waals surface area contributed by atoms with Crippen LogP contribution in [-0.2, 0) is 6.42 Å². The lowest BCUT2D eigenvalue weighted by Crippen LogP contribution is -2.38. The highest BCUT2D eigenvalue weighted by atomic mass is 32.1. The van der Waals surface area contributed by atoms with E-state index in [9.17, 15) is 9.59 Å². The summed E-state index contributed by atoms with van der Waals surface area (Å²) >= 11 is 2.93. The molecule has 0 unspecified atom stereocenters. The van der Waals surface area contributed by atoms with Crippen LogP contribution in [0.3, 0.4) is 0 Å². The number of thiophene rings is 1. The van der Waals surface area contributed by atoms with Crippen LogP contribution in [0.5, 0.6) is 0 Å². The number of hydrogen-bond donors (Lipinski definition) is 1. The zero-order valence-corrected chi connectivity index (χ0v) is 14.4. The van der Waals surface area contributed by atoms with E-state index in [0.717, 1.165) is 6.42 Å². The Morgan fingerprint density at radius 1 is 1.52 bits per heavy atom. The van der Waals surface area contributed by atoms with Crippen LogP contribution in [0.15, 0.2) is 29.5 Å². The van der Waals surface area contributed by atoms with Gasteiger partial charge in [-0.1, -0.05) is 6.08 Å². The summed E-state index contributed by atoms with van der Waals surface area (Å²) < 4.78 is 0. The molecule has 0 saturated heterocycles. The minimum absolute atomic E-state index is 0.0391. The van der Waals surface area contributed by atoms with Crippen molar-refractivity contribution in [2.24, 2.45) is 0 Å². The summed E-state index contributed by atoms with van der Waals surface area (Å²) in [4.78, 5) is 32.0. The lowest BCUT2D eigenvalue weighted by Gasteiger charge is -2.33. The third-order valence-electron chi connectivity index (χ3n) is 3.86. The molecule has 0 aromatic carbocycles. The summed E-state index contributed by atoms with van der Waals surface area (Å²) in [5.74, 6) is -0.394.